The molecule has 0 aromatic heterocycles. The lowest BCUT2D eigenvalue weighted by Gasteiger charge is -2.26. The van der Waals surface area contributed by atoms with Crippen LogP contribution >= 0.6 is 0 Å². The minimum atomic E-state index is -0.460. The highest BCUT2D eigenvalue weighted by molar-refractivity contribution is 5.97. The van der Waals surface area contributed by atoms with E-state index in [2.05, 4.69) is 26.1 Å². The van der Waals surface area contributed by atoms with E-state index >= 15 is 0 Å². The van der Waals surface area contributed by atoms with Crippen LogP contribution in [0.2, 0.25) is 0 Å². The molecule has 4 nitrogen and oxygen atoms in total. The lowest BCUT2D eigenvalue weighted by atomic mass is 9.86. The van der Waals surface area contributed by atoms with Gasteiger partial charge in [0.25, 0.3) is 5.91 Å². The van der Waals surface area contributed by atoms with Gasteiger partial charge in [-0.15, -0.1) is 0 Å². The highest BCUT2D eigenvalue weighted by atomic mass is 16.2. The van der Waals surface area contributed by atoms with Crippen LogP contribution in [-0.4, -0.2) is 35.8 Å². The van der Waals surface area contributed by atoms with E-state index in [-0.39, 0.29) is 23.1 Å². The number of likely N-dealkylation sites (tertiary alicyclic amines) is 1. The topological polar surface area (TPSA) is 49.4 Å². The first-order valence-electron chi connectivity index (χ1n) is 8.90. The van der Waals surface area contributed by atoms with Crippen LogP contribution in [0.3, 0.4) is 0 Å². The summed E-state index contributed by atoms with van der Waals surface area (Å²) in [6.45, 7) is 12.0. The minimum Gasteiger partial charge on any atom is -0.341 e. The molecule has 1 aromatic carbocycles. The van der Waals surface area contributed by atoms with E-state index in [4.69, 9.17) is 0 Å². The van der Waals surface area contributed by atoms with Crippen LogP contribution in [-0.2, 0) is 10.2 Å². The van der Waals surface area contributed by atoms with Gasteiger partial charge in [0, 0.05) is 18.7 Å². The van der Waals surface area contributed by atoms with Crippen molar-refractivity contribution in [1.29, 1.82) is 0 Å². The van der Waals surface area contributed by atoms with Gasteiger partial charge in [-0.1, -0.05) is 46.8 Å². The van der Waals surface area contributed by atoms with Crippen LogP contribution in [0.25, 0.3) is 0 Å². The molecule has 0 unspecified atom stereocenters. The average Bonchev–Trinajstić information content (AvgIpc) is 3.05. The van der Waals surface area contributed by atoms with E-state index in [1.165, 1.54) is 5.56 Å². The summed E-state index contributed by atoms with van der Waals surface area (Å²) in [4.78, 5) is 27.1. The highest BCUT2D eigenvalue weighted by Crippen LogP contribution is 2.22. The number of hydrogen-bond donors (Lipinski definition) is 1. The zero-order valence-electron chi connectivity index (χ0n) is 15.6. The second-order valence-corrected chi connectivity index (χ2v) is 8.05. The Balaban J connectivity index is 2.08. The molecule has 132 valence electrons. The molecule has 2 rings (SSSR count). The largest absolute Gasteiger partial charge is 0.341 e. The maximum absolute atomic E-state index is 12.7. The number of hydrogen-bond acceptors (Lipinski definition) is 2. The molecule has 4 heteroatoms. The number of carbonyl (C=O) groups is 2. The maximum atomic E-state index is 12.7. The van der Waals surface area contributed by atoms with Crippen molar-refractivity contribution in [3.63, 3.8) is 0 Å². The van der Waals surface area contributed by atoms with Gasteiger partial charge < -0.3 is 10.2 Å². The normalized spacial score (nSPS) is 16.3. The lowest BCUT2D eigenvalue weighted by Crippen LogP contribution is -2.50. The van der Waals surface area contributed by atoms with Gasteiger partial charge in [0.2, 0.25) is 5.91 Å². The van der Waals surface area contributed by atoms with Gasteiger partial charge in [-0.05, 0) is 41.9 Å². The van der Waals surface area contributed by atoms with Gasteiger partial charge in [-0.2, -0.15) is 0 Å². The molecule has 1 saturated heterocycles. The third-order valence-electron chi connectivity index (χ3n) is 4.65. The van der Waals surface area contributed by atoms with Crippen molar-refractivity contribution in [3.05, 3.63) is 35.4 Å². The summed E-state index contributed by atoms with van der Waals surface area (Å²) >= 11 is 0. The Morgan fingerprint density at radius 2 is 1.58 bits per heavy atom. The molecular formula is C20H30N2O2. The van der Waals surface area contributed by atoms with Crippen LogP contribution in [0.15, 0.2) is 24.3 Å². The first-order chi connectivity index (χ1) is 11.2. The van der Waals surface area contributed by atoms with E-state index in [0.29, 0.717) is 5.56 Å². The van der Waals surface area contributed by atoms with Gasteiger partial charge in [-0.3, -0.25) is 9.59 Å². The first kappa shape index (κ1) is 18.5. The molecule has 0 radical (unpaired) electrons. The molecule has 2 amide bonds. The Hall–Kier alpha value is -1.84. The maximum Gasteiger partial charge on any atom is 0.251 e. The molecule has 0 spiro atoms. The molecule has 1 heterocycles. The minimum absolute atomic E-state index is 0.0437. The third kappa shape index (κ3) is 4.37. The monoisotopic (exact) mass is 330 g/mol. The fourth-order valence-electron chi connectivity index (χ4n) is 2.99. The Kier molecular flexibility index (Phi) is 5.68. The first-order valence-corrected chi connectivity index (χ1v) is 8.90. The van der Waals surface area contributed by atoms with Gasteiger partial charge in [0.05, 0.1) is 0 Å². The van der Waals surface area contributed by atoms with Gasteiger partial charge in [0.1, 0.15) is 6.04 Å². The van der Waals surface area contributed by atoms with Crippen molar-refractivity contribution in [2.24, 2.45) is 5.92 Å². The summed E-state index contributed by atoms with van der Waals surface area (Å²) in [7, 11) is 0. The van der Waals surface area contributed by atoms with Crippen molar-refractivity contribution in [3.8, 4) is 0 Å². The van der Waals surface area contributed by atoms with Gasteiger partial charge >= 0.3 is 0 Å². The average molecular weight is 330 g/mol. The fraction of sp³-hybridized carbons (Fsp3) is 0.600. The summed E-state index contributed by atoms with van der Waals surface area (Å²) in [6.07, 6.45) is 2.11. The second kappa shape index (κ2) is 7.37. The summed E-state index contributed by atoms with van der Waals surface area (Å²) in [5.41, 5.74) is 1.84. The number of nitrogens with one attached hydrogen (secondary N) is 1. The number of carbonyl (C=O) groups excluding carboxylic acids is 2. The van der Waals surface area contributed by atoms with Crippen molar-refractivity contribution < 1.29 is 9.59 Å². The van der Waals surface area contributed by atoms with Crippen LogP contribution in [0.5, 0.6) is 0 Å². The van der Waals surface area contributed by atoms with Gasteiger partial charge in [0.15, 0.2) is 0 Å². The smallest absolute Gasteiger partial charge is 0.251 e. The summed E-state index contributed by atoms with van der Waals surface area (Å²) < 4.78 is 0. The Morgan fingerprint density at radius 3 is 2.04 bits per heavy atom. The van der Waals surface area contributed by atoms with E-state index in [0.717, 1.165) is 25.9 Å². The Morgan fingerprint density at radius 1 is 1.04 bits per heavy atom. The van der Waals surface area contributed by atoms with Crippen LogP contribution < -0.4 is 5.32 Å². The van der Waals surface area contributed by atoms with Crippen molar-refractivity contribution in [1.82, 2.24) is 10.2 Å². The molecule has 1 N–H and O–H groups in total. The van der Waals surface area contributed by atoms with E-state index in [9.17, 15) is 9.59 Å². The third-order valence-corrected chi connectivity index (χ3v) is 4.65. The summed E-state index contributed by atoms with van der Waals surface area (Å²) in [5, 5.41) is 2.94. The molecule has 24 heavy (non-hydrogen) atoms. The Labute approximate surface area is 145 Å². The standard InChI is InChI=1S/C20H30N2O2/c1-14(2)17(19(24)22-12-6-7-13-22)21-18(23)15-8-10-16(11-9-15)20(3,4)5/h8-11,14,17H,6-7,12-13H2,1-5H3,(H,21,23)/t17-/m1/s1. The molecule has 0 aliphatic carbocycles. The zero-order chi connectivity index (χ0) is 17.9. The molecule has 0 bridgehead atoms. The number of benzene rings is 1. The predicted molar refractivity (Wildman–Crippen MR) is 97.0 cm³/mol. The number of amides is 2. The molecule has 1 aromatic rings. The van der Waals surface area contributed by atoms with Crippen molar-refractivity contribution >= 4 is 11.8 Å². The quantitative estimate of drug-likeness (QED) is 0.920. The van der Waals surface area contributed by atoms with Crippen molar-refractivity contribution in [2.75, 3.05) is 13.1 Å². The molecule has 1 aliphatic rings. The Bertz CT molecular complexity index is 579. The highest BCUT2D eigenvalue weighted by Gasteiger charge is 2.30. The van der Waals surface area contributed by atoms with Crippen LogP contribution in [0.4, 0.5) is 0 Å². The van der Waals surface area contributed by atoms with Crippen LogP contribution in [0.1, 0.15) is 63.4 Å². The molecular weight excluding hydrogens is 300 g/mol. The van der Waals surface area contributed by atoms with Gasteiger partial charge in [-0.25, -0.2) is 0 Å². The predicted octanol–water partition coefficient (Wildman–Crippen LogP) is 3.36. The molecule has 1 fully saturated rings. The van der Waals surface area contributed by atoms with E-state index in [1.54, 1.807) is 0 Å². The molecule has 1 atom stereocenters. The SMILES string of the molecule is CC(C)[C@@H](NC(=O)c1ccc(C(C)(C)C)cc1)C(=O)N1CCCC1. The number of nitrogens with zero attached hydrogens (tertiary/aromatic N) is 1. The molecule has 1 aliphatic heterocycles. The number of rotatable bonds is 4. The van der Waals surface area contributed by atoms with Crippen molar-refractivity contribution in [2.45, 2.75) is 58.9 Å². The van der Waals surface area contributed by atoms with E-state index < -0.39 is 6.04 Å². The van der Waals surface area contributed by atoms with Crippen LogP contribution in [0, 0.1) is 5.92 Å². The molecule has 0 saturated carbocycles. The summed E-state index contributed by atoms with van der Waals surface area (Å²) in [5.74, 6) is -0.0697. The van der Waals surface area contributed by atoms with E-state index in [1.807, 2.05) is 43.0 Å². The fourth-order valence-corrected chi connectivity index (χ4v) is 2.99. The lowest BCUT2D eigenvalue weighted by molar-refractivity contribution is -0.133. The zero-order valence-corrected chi connectivity index (χ0v) is 15.6. The summed E-state index contributed by atoms with van der Waals surface area (Å²) in [6, 6.07) is 7.20. The second-order valence-electron chi connectivity index (χ2n) is 8.05.